The summed E-state index contributed by atoms with van der Waals surface area (Å²) in [6.07, 6.45) is 0. The highest BCUT2D eigenvalue weighted by molar-refractivity contribution is 5.80. The van der Waals surface area contributed by atoms with Crippen LogP contribution in [0.4, 0.5) is 0 Å². The van der Waals surface area contributed by atoms with E-state index >= 15 is 0 Å². The van der Waals surface area contributed by atoms with Gasteiger partial charge in [0.2, 0.25) is 5.91 Å². The predicted molar refractivity (Wildman–Crippen MR) is 56.8 cm³/mol. The van der Waals surface area contributed by atoms with Gasteiger partial charge < -0.3 is 16.0 Å². The van der Waals surface area contributed by atoms with Gasteiger partial charge in [-0.2, -0.15) is 0 Å². The molecule has 1 amide bonds. The van der Waals surface area contributed by atoms with Crippen LogP contribution in [0.1, 0.15) is 13.8 Å². The van der Waals surface area contributed by atoms with E-state index < -0.39 is 0 Å². The minimum atomic E-state index is -0.0289. The second kappa shape index (κ2) is 4.75. The van der Waals surface area contributed by atoms with E-state index in [2.05, 4.69) is 24.1 Å². The molecule has 1 aliphatic rings. The van der Waals surface area contributed by atoms with Gasteiger partial charge in [-0.05, 0) is 13.0 Å². The first-order chi connectivity index (χ1) is 6.50. The summed E-state index contributed by atoms with van der Waals surface area (Å²) in [5, 5.41) is 2.93. The second-order valence-corrected chi connectivity index (χ2v) is 4.63. The number of carbonyl (C=O) groups excluding carboxylic acids is 1. The molecular formula is C10H21N3O. The Morgan fingerprint density at radius 3 is 2.64 bits per heavy atom. The Morgan fingerprint density at radius 1 is 1.57 bits per heavy atom. The fourth-order valence-corrected chi connectivity index (χ4v) is 1.75. The quantitative estimate of drug-likeness (QED) is 0.653. The lowest BCUT2D eigenvalue weighted by Crippen LogP contribution is -2.42. The molecular weight excluding hydrogens is 178 g/mol. The minimum Gasteiger partial charge on any atom is -0.356 e. The van der Waals surface area contributed by atoms with Crippen LogP contribution >= 0.6 is 0 Å². The summed E-state index contributed by atoms with van der Waals surface area (Å²) in [5.41, 5.74) is 5.87. The first kappa shape index (κ1) is 11.5. The van der Waals surface area contributed by atoms with E-state index in [-0.39, 0.29) is 17.9 Å². The zero-order valence-electron chi connectivity index (χ0n) is 9.29. The summed E-state index contributed by atoms with van der Waals surface area (Å²) in [6.45, 7) is 6.51. The lowest BCUT2D eigenvalue weighted by atomic mass is 10.0. The van der Waals surface area contributed by atoms with Crippen LogP contribution in [-0.4, -0.2) is 43.5 Å². The van der Waals surface area contributed by atoms with Crippen molar-refractivity contribution in [2.75, 3.05) is 26.7 Å². The van der Waals surface area contributed by atoms with Gasteiger partial charge >= 0.3 is 0 Å². The smallest absolute Gasteiger partial charge is 0.226 e. The first-order valence-electron chi connectivity index (χ1n) is 5.22. The van der Waals surface area contributed by atoms with E-state index in [9.17, 15) is 4.79 Å². The molecule has 3 N–H and O–H groups in total. The Morgan fingerprint density at radius 2 is 2.21 bits per heavy atom. The van der Waals surface area contributed by atoms with Gasteiger partial charge in [-0.3, -0.25) is 4.79 Å². The van der Waals surface area contributed by atoms with Crippen molar-refractivity contribution < 1.29 is 4.79 Å². The highest BCUT2D eigenvalue weighted by Gasteiger charge is 2.33. The molecule has 2 atom stereocenters. The zero-order chi connectivity index (χ0) is 10.7. The average Bonchev–Trinajstić information content (AvgIpc) is 2.41. The molecule has 1 fully saturated rings. The highest BCUT2D eigenvalue weighted by atomic mass is 16.2. The average molecular weight is 199 g/mol. The van der Waals surface area contributed by atoms with Crippen molar-refractivity contribution in [3.8, 4) is 0 Å². The van der Waals surface area contributed by atoms with Gasteiger partial charge in [0.15, 0.2) is 0 Å². The van der Waals surface area contributed by atoms with Gasteiger partial charge in [0.25, 0.3) is 0 Å². The Balaban J connectivity index is 2.37. The number of nitrogens with zero attached hydrogens (tertiary/aromatic N) is 1. The molecule has 14 heavy (non-hydrogen) atoms. The summed E-state index contributed by atoms with van der Waals surface area (Å²) >= 11 is 0. The molecule has 4 heteroatoms. The molecule has 1 heterocycles. The van der Waals surface area contributed by atoms with Crippen molar-refractivity contribution in [2.45, 2.75) is 19.9 Å². The van der Waals surface area contributed by atoms with Crippen LogP contribution < -0.4 is 11.1 Å². The summed E-state index contributed by atoms with van der Waals surface area (Å²) in [4.78, 5) is 13.8. The Labute approximate surface area is 85.8 Å². The number of likely N-dealkylation sites (N-methyl/N-ethyl adjacent to an activating group) is 1. The molecule has 0 aromatic carbocycles. The van der Waals surface area contributed by atoms with Crippen molar-refractivity contribution in [3.63, 3.8) is 0 Å². The van der Waals surface area contributed by atoms with Crippen LogP contribution in [0, 0.1) is 11.8 Å². The van der Waals surface area contributed by atoms with Gasteiger partial charge in [-0.1, -0.05) is 13.8 Å². The highest BCUT2D eigenvalue weighted by Crippen LogP contribution is 2.13. The normalized spacial score (nSPS) is 28.4. The van der Waals surface area contributed by atoms with Crippen molar-refractivity contribution in [3.05, 3.63) is 0 Å². The first-order valence-corrected chi connectivity index (χ1v) is 5.22. The van der Waals surface area contributed by atoms with E-state index in [1.165, 1.54) is 0 Å². The number of nitrogens with two attached hydrogens (primary N) is 1. The third kappa shape index (κ3) is 2.96. The molecule has 1 aliphatic heterocycles. The number of nitrogens with one attached hydrogen (secondary N) is 1. The third-order valence-corrected chi connectivity index (χ3v) is 2.57. The molecule has 0 spiro atoms. The number of rotatable bonds is 3. The predicted octanol–water partition coefficient (Wildman–Crippen LogP) is -0.352. The maximum atomic E-state index is 11.7. The van der Waals surface area contributed by atoms with Crippen LogP contribution in [0.2, 0.25) is 0 Å². The largest absolute Gasteiger partial charge is 0.356 e. The second-order valence-electron chi connectivity index (χ2n) is 4.63. The molecule has 0 saturated carbocycles. The van der Waals surface area contributed by atoms with E-state index in [0.717, 1.165) is 19.6 Å². The number of hydrogen-bond donors (Lipinski definition) is 2. The van der Waals surface area contributed by atoms with Crippen LogP contribution in [0.3, 0.4) is 0 Å². The van der Waals surface area contributed by atoms with Crippen LogP contribution in [0.25, 0.3) is 0 Å². The summed E-state index contributed by atoms with van der Waals surface area (Å²) in [7, 11) is 2.00. The Hall–Kier alpha value is -0.610. The summed E-state index contributed by atoms with van der Waals surface area (Å²) in [5.74, 6) is 0.573. The van der Waals surface area contributed by atoms with E-state index in [1.807, 2.05) is 7.05 Å². The van der Waals surface area contributed by atoms with E-state index in [1.54, 1.807) is 0 Å². The zero-order valence-corrected chi connectivity index (χ0v) is 9.29. The number of hydrogen-bond acceptors (Lipinski definition) is 3. The van der Waals surface area contributed by atoms with Crippen molar-refractivity contribution in [1.82, 2.24) is 10.2 Å². The monoisotopic (exact) mass is 199 g/mol. The molecule has 1 rings (SSSR count). The fourth-order valence-electron chi connectivity index (χ4n) is 1.75. The van der Waals surface area contributed by atoms with Crippen molar-refractivity contribution in [1.29, 1.82) is 0 Å². The SMILES string of the molecule is CC(C)CNC(=O)C1CN(C)CC1N. The summed E-state index contributed by atoms with van der Waals surface area (Å²) in [6, 6.07) is -0.00726. The molecule has 0 aliphatic carbocycles. The Kier molecular flexibility index (Phi) is 3.89. The third-order valence-electron chi connectivity index (χ3n) is 2.57. The van der Waals surface area contributed by atoms with Gasteiger partial charge in [-0.25, -0.2) is 0 Å². The standard InChI is InChI=1S/C10H21N3O/c1-7(2)4-12-10(14)8-5-13(3)6-9(8)11/h7-9H,4-6,11H2,1-3H3,(H,12,14). The number of amides is 1. The van der Waals surface area contributed by atoms with Gasteiger partial charge in [0.05, 0.1) is 5.92 Å². The van der Waals surface area contributed by atoms with Crippen molar-refractivity contribution >= 4 is 5.91 Å². The molecule has 4 nitrogen and oxygen atoms in total. The number of carbonyl (C=O) groups is 1. The van der Waals surface area contributed by atoms with Gasteiger partial charge in [-0.15, -0.1) is 0 Å². The lowest BCUT2D eigenvalue weighted by molar-refractivity contribution is -0.125. The Bertz CT molecular complexity index is 206. The minimum absolute atomic E-state index is 0.00726. The molecule has 0 bridgehead atoms. The molecule has 0 radical (unpaired) electrons. The molecule has 0 aromatic heterocycles. The summed E-state index contributed by atoms with van der Waals surface area (Å²) < 4.78 is 0. The van der Waals surface area contributed by atoms with E-state index in [0.29, 0.717) is 5.92 Å². The molecule has 82 valence electrons. The van der Waals surface area contributed by atoms with Crippen molar-refractivity contribution in [2.24, 2.45) is 17.6 Å². The maximum Gasteiger partial charge on any atom is 0.226 e. The molecule has 2 unspecified atom stereocenters. The van der Waals surface area contributed by atoms with Crippen LogP contribution in [0.15, 0.2) is 0 Å². The van der Waals surface area contributed by atoms with E-state index in [4.69, 9.17) is 5.73 Å². The molecule has 1 saturated heterocycles. The number of likely N-dealkylation sites (tertiary alicyclic amines) is 1. The van der Waals surface area contributed by atoms with Gasteiger partial charge in [0, 0.05) is 25.7 Å². The van der Waals surface area contributed by atoms with Crippen LogP contribution in [0.5, 0.6) is 0 Å². The van der Waals surface area contributed by atoms with Crippen LogP contribution in [-0.2, 0) is 4.79 Å². The fraction of sp³-hybridized carbons (Fsp3) is 0.900. The maximum absolute atomic E-state index is 11.7. The van der Waals surface area contributed by atoms with Gasteiger partial charge in [0.1, 0.15) is 0 Å². The lowest BCUT2D eigenvalue weighted by Gasteiger charge is -2.15. The topological polar surface area (TPSA) is 58.4 Å². The molecule has 0 aromatic rings.